The summed E-state index contributed by atoms with van der Waals surface area (Å²) in [6.45, 7) is 2.51. The molecule has 0 aliphatic heterocycles. The summed E-state index contributed by atoms with van der Waals surface area (Å²) in [6.07, 6.45) is 0.641. The van der Waals surface area contributed by atoms with Gasteiger partial charge in [0.25, 0.3) is 0 Å². The third-order valence-electron chi connectivity index (χ3n) is 1.21. The number of amides is 1. The highest BCUT2D eigenvalue weighted by Crippen LogP contribution is 1.81. The Kier molecular flexibility index (Phi) is 5.77. The first-order chi connectivity index (χ1) is 5.68. The van der Waals surface area contributed by atoms with Crippen LogP contribution in [0.2, 0.25) is 0 Å². The van der Waals surface area contributed by atoms with E-state index in [9.17, 15) is 4.79 Å². The van der Waals surface area contributed by atoms with Crippen molar-refractivity contribution in [3.05, 3.63) is 10.4 Å². The van der Waals surface area contributed by atoms with E-state index in [0.29, 0.717) is 19.5 Å². The maximum Gasteiger partial charge on any atom is 0.236 e. The summed E-state index contributed by atoms with van der Waals surface area (Å²) in [5.74, 6) is -0.184. The Labute approximate surface area is 70.7 Å². The van der Waals surface area contributed by atoms with Gasteiger partial charge in [0.1, 0.15) is 0 Å². The molecule has 1 amide bonds. The molecule has 68 valence electrons. The summed E-state index contributed by atoms with van der Waals surface area (Å²) in [5, 5.41) is 5.91. The van der Waals surface area contributed by atoms with Crippen molar-refractivity contribution in [1.82, 2.24) is 5.32 Å². The first kappa shape index (κ1) is 10.7. The fourth-order valence-electron chi connectivity index (χ4n) is 0.567. The van der Waals surface area contributed by atoms with Gasteiger partial charge in [0, 0.05) is 18.0 Å². The topological polar surface area (TPSA) is 104 Å². The van der Waals surface area contributed by atoms with Crippen molar-refractivity contribution in [2.75, 3.05) is 13.1 Å². The Morgan fingerprint density at radius 1 is 1.83 bits per heavy atom. The van der Waals surface area contributed by atoms with Gasteiger partial charge in [-0.25, -0.2) is 0 Å². The lowest BCUT2D eigenvalue weighted by molar-refractivity contribution is -0.121. The maximum absolute atomic E-state index is 10.8. The monoisotopic (exact) mass is 171 g/mol. The standard InChI is InChI=1S/C6H13N5O/c1-5(7)6(12)9-3-2-4-10-11-8/h5H,2-4,7H2,1H3,(H,9,12). The minimum absolute atomic E-state index is 0.184. The molecule has 0 heterocycles. The summed E-state index contributed by atoms with van der Waals surface area (Å²) in [4.78, 5) is 13.4. The van der Waals surface area contributed by atoms with Crippen LogP contribution < -0.4 is 11.1 Å². The van der Waals surface area contributed by atoms with Crippen LogP contribution in [0.25, 0.3) is 10.4 Å². The first-order valence-electron chi connectivity index (χ1n) is 3.72. The fraction of sp³-hybridized carbons (Fsp3) is 0.833. The van der Waals surface area contributed by atoms with E-state index in [1.807, 2.05) is 0 Å². The minimum atomic E-state index is -0.482. The van der Waals surface area contributed by atoms with Gasteiger partial charge >= 0.3 is 0 Å². The average Bonchev–Trinajstić information content (AvgIpc) is 2.03. The van der Waals surface area contributed by atoms with E-state index < -0.39 is 6.04 Å². The number of azide groups is 1. The summed E-state index contributed by atoms with van der Waals surface area (Å²) < 4.78 is 0. The highest BCUT2D eigenvalue weighted by Gasteiger charge is 2.04. The molecule has 1 unspecified atom stereocenters. The van der Waals surface area contributed by atoms with E-state index in [4.69, 9.17) is 11.3 Å². The lowest BCUT2D eigenvalue weighted by atomic mass is 10.3. The average molecular weight is 171 g/mol. The summed E-state index contributed by atoms with van der Waals surface area (Å²) in [5.41, 5.74) is 13.2. The van der Waals surface area contributed by atoms with Gasteiger partial charge in [-0.2, -0.15) is 0 Å². The number of rotatable bonds is 5. The van der Waals surface area contributed by atoms with E-state index >= 15 is 0 Å². The van der Waals surface area contributed by atoms with Crippen LogP contribution in [0.15, 0.2) is 5.11 Å². The summed E-state index contributed by atoms with van der Waals surface area (Å²) in [7, 11) is 0. The normalized spacial score (nSPS) is 11.5. The number of carbonyl (C=O) groups excluding carboxylic acids is 1. The SMILES string of the molecule is CC(N)C(=O)NCCCN=[N+]=[N-]. The molecule has 6 nitrogen and oxygen atoms in total. The lowest BCUT2D eigenvalue weighted by Gasteiger charge is -2.05. The van der Waals surface area contributed by atoms with E-state index in [0.717, 1.165) is 0 Å². The molecule has 0 spiro atoms. The number of nitrogens with one attached hydrogen (secondary N) is 1. The van der Waals surface area contributed by atoms with Crippen LogP contribution in [0.1, 0.15) is 13.3 Å². The molecular weight excluding hydrogens is 158 g/mol. The molecule has 3 N–H and O–H groups in total. The number of nitrogens with zero attached hydrogens (tertiary/aromatic N) is 3. The summed E-state index contributed by atoms with van der Waals surface area (Å²) >= 11 is 0. The highest BCUT2D eigenvalue weighted by atomic mass is 16.2. The Hall–Kier alpha value is -1.26. The second-order valence-corrected chi connectivity index (χ2v) is 2.39. The molecule has 0 aromatic heterocycles. The van der Waals surface area contributed by atoms with Gasteiger partial charge in [0.2, 0.25) is 5.91 Å². The predicted molar refractivity (Wildman–Crippen MR) is 45.3 cm³/mol. The van der Waals surface area contributed by atoms with Crippen LogP contribution in [0, 0.1) is 0 Å². The number of carbonyl (C=O) groups is 1. The molecule has 0 bridgehead atoms. The molecule has 0 aliphatic carbocycles. The molecule has 1 atom stereocenters. The quantitative estimate of drug-likeness (QED) is 0.266. The lowest BCUT2D eigenvalue weighted by Crippen LogP contribution is -2.38. The third-order valence-corrected chi connectivity index (χ3v) is 1.21. The zero-order valence-electron chi connectivity index (χ0n) is 7.03. The van der Waals surface area contributed by atoms with E-state index in [1.165, 1.54) is 0 Å². The highest BCUT2D eigenvalue weighted by molar-refractivity contribution is 5.80. The molecule has 12 heavy (non-hydrogen) atoms. The van der Waals surface area contributed by atoms with Crippen LogP contribution in [0.5, 0.6) is 0 Å². The van der Waals surface area contributed by atoms with Crippen molar-refractivity contribution in [2.45, 2.75) is 19.4 Å². The fourth-order valence-corrected chi connectivity index (χ4v) is 0.567. The van der Waals surface area contributed by atoms with Crippen molar-refractivity contribution in [3.63, 3.8) is 0 Å². The van der Waals surface area contributed by atoms with Crippen molar-refractivity contribution in [2.24, 2.45) is 10.8 Å². The Morgan fingerprint density at radius 2 is 2.50 bits per heavy atom. The zero-order valence-corrected chi connectivity index (χ0v) is 7.03. The van der Waals surface area contributed by atoms with Crippen molar-refractivity contribution < 1.29 is 4.79 Å². The number of hydrogen-bond acceptors (Lipinski definition) is 3. The molecule has 0 saturated carbocycles. The molecule has 0 aliphatic rings. The molecule has 0 saturated heterocycles. The first-order valence-corrected chi connectivity index (χ1v) is 3.72. The molecular formula is C6H13N5O. The zero-order chi connectivity index (χ0) is 9.40. The van der Waals surface area contributed by atoms with E-state index in [-0.39, 0.29) is 5.91 Å². The molecule has 6 heteroatoms. The van der Waals surface area contributed by atoms with Gasteiger partial charge in [-0.05, 0) is 18.9 Å². The van der Waals surface area contributed by atoms with Gasteiger partial charge in [-0.15, -0.1) is 0 Å². The Morgan fingerprint density at radius 3 is 3.00 bits per heavy atom. The molecule has 0 aromatic rings. The van der Waals surface area contributed by atoms with Gasteiger partial charge in [-0.1, -0.05) is 5.11 Å². The molecule has 0 radical (unpaired) electrons. The van der Waals surface area contributed by atoms with E-state index in [1.54, 1.807) is 6.92 Å². The predicted octanol–water partition coefficient (Wildman–Crippen LogP) is 0.150. The molecule has 0 aromatic carbocycles. The van der Waals surface area contributed by atoms with Crippen molar-refractivity contribution in [3.8, 4) is 0 Å². The van der Waals surface area contributed by atoms with Gasteiger partial charge in [0.15, 0.2) is 0 Å². The number of nitrogens with two attached hydrogens (primary N) is 1. The van der Waals surface area contributed by atoms with Crippen molar-refractivity contribution >= 4 is 5.91 Å². The second kappa shape index (κ2) is 6.45. The molecule has 0 rings (SSSR count). The van der Waals surface area contributed by atoms with Crippen LogP contribution in [-0.4, -0.2) is 25.0 Å². The summed E-state index contributed by atoms with van der Waals surface area (Å²) in [6, 6.07) is -0.482. The van der Waals surface area contributed by atoms with Crippen LogP contribution >= 0.6 is 0 Å². The minimum Gasteiger partial charge on any atom is -0.355 e. The number of hydrogen-bond donors (Lipinski definition) is 2. The van der Waals surface area contributed by atoms with Crippen molar-refractivity contribution in [1.29, 1.82) is 0 Å². The smallest absolute Gasteiger partial charge is 0.236 e. The molecule has 0 fully saturated rings. The third kappa shape index (κ3) is 5.52. The van der Waals surface area contributed by atoms with Crippen LogP contribution in [0.4, 0.5) is 0 Å². The van der Waals surface area contributed by atoms with Gasteiger partial charge in [-0.3, -0.25) is 4.79 Å². The Bertz CT molecular complexity index is 184. The van der Waals surface area contributed by atoms with Crippen LogP contribution in [0.3, 0.4) is 0 Å². The van der Waals surface area contributed by atoms with Gasteiger partial charge < -0.3 is 11.1 Å². The largest absolute Gasteiger partial charge is 0.355 e. The maximum atomic E-state index is 10.8. The van der Waals surface area contributed by atoms with Crippen LogP contribution in [-0.2, 0) is 4.79 Å². The van der Waals surface area contributed by atoms with Gasteiger partial charge in [0.05, 0.1) is 6.04 Å². The Balaban J connectivity index is 3.31. The second-order valence-electron chi connectivity index (χ2n) is 2.39. The van der Waals surface area contributed by atoms with E-state index in [2.05, 4.69) is 15.3 Å².